The van der Waals surface area contributed by atoms with Crippen molar-refractivity contribution in [2.24, 2.45) is 5.92 Å². The van der Waals surface area contributed by atoms with Gasteiger partial charge < -0.3 is 9.80 Å². The number of fused-ring (bicyclic) bond motifs is 1. The molecule has 1 amide bonds. The summed E-state index contributed by atoms with van der Waals surface area (Å²) in [6, 6.07) is 3.81. The second-order valence-electron chi connectivity index (χ2n) is 8.98. The lowest BCUT2D eigenvalue weighted by Crippen LogP contribution is -2.47. The van der Waals surface area contributed by atoms with Gasteiger partial charge in [0.2, 0.25) is 0 Å². The molecular weight excluding hydrogens is 454 g/mol. The number of likely N-dealkylation sites (N-methyl/N-ethyl adjacent to an activating group) is 1. The van der Waals surface area contributed by atoms with E-state index in [-0.39, 0.29) is 11.5 Å². The molecule has 0 bridgehead atoms. The molecule has 0 spiro atoms. The minimum Gasteiger partial charge on any atom is -0.353 e. The van der Waals surface area contributed by atoms with Crippen LogP contribution in [0.4, 0.5) is 5.82 Å². The van der Waals surface area contributed by atoms with E-state index in [2.05, 4.69) is 30.6 Å². The van der Waals surface area contributed by atoms with Crippen molar-refractivity contribution < 1.29 is 4.79 Å². The Balaban J connectivity index is 1.78. The average Bonchev–Trinajstić information content (AvgIpc) is 3.06. The molecule has 7 nitrogen and oxygen atoms in total. The Hall–Kier alpha value is -2.23. The van der Waals surface area contributed by atoms with Crippen molar-refractivity contribution in [2.45, 2.75) is 34.1 Å². The predicted octanol–water partition coefficient (Wildman–Crippen LogP) is 3.39. The van der Waals surface area contributed by atoms with E-state index in [0.717, 1.165) is 44.7 Å². The maximum Gasteiger partial charge on any atom is 0.267 e. The third-order valence-corrected chi connectivity index (χ3v) is 7.64. The fraction of sp³-hybridized carbons (Fsp3) is 0.500. The SMILES string of the molecule is CCN1CCN(c2nc3c(C)cccn3c(=O)c2/C=C2\SC(=S)N(CCC(C)C)C2=O)CC1. The first-order valence-corrected chi connectivity index (χ1v) is 12.8. The standard InChI is InChI=1S/C24H31N5O2S2/c1-5-26-11-13-27(14-12-26)21-18(22(30)28-9-6-7-17(4)20(28)25-21)15-19-23(31)29(24(32)33-19)10-8-16(2)3/h6-7,9,15-16H,5,8,10-14H2,1-4H3/b19-15-. The quantitative estimate of drug-likeness (QED) is 0.459. The molecule has 0 N–H and O–H groups in total. The van der Waals surface area contributed by atoms with Crippen molar-refractivity contribution in [1.82, 2.24) is 19.2 Å². The van der Waals surface area contributed by atoms with Gasteiger partial charge in [-0.05, 0) is 43.5 Å². The van der Waals surface area contributed by atoms with Crippen molar-refractivity contribution in [3.63, 3.8) is 0 Å². The Morgan fingerprint density at radius 1 is 1.21 bits per heavy atom. The molecule has 2 aliphatic heterocycles. The Kier molecular flexibility index (Phi) is 7.21. The first-order chi connectivity index (χ1) is 15.8. The van der Waals surface area contributed by atoms with Gasteiger partial charge >= 0.3 is 0 Å². The van der Waals surface area contributed by atoms with Gasteiger partial charge in [-0.25, -0.2) is 4.98 Å². The minimum atomic E-state index is -0.163. The smallest absolute Gasteiger partial charge is 0.267 e. The van der Waals surface area contributed by atoms with Gasteiger partial charge in [0.05, 0.1) is 10.5 Å². The molecule has 0 aliphatic carbocycles. The van der Waals surface area contributed by atoms with Gasteiger partial charge in [0.1, 0.15) is 15.8 Å². The maximum atomic E-state index is 13.6. The topological polar surface area (TPSA) is 61.2 Å². The fourth-order valence-electron chi connectivity index (χ4n) is 4.15. The van der Waals surface area contributed by atoms with Crippen LogP contribution < -0.4 is 10.5 Å². The summed E-state index contributed by atoms with van der Waals surface area (Å²) in [6.07, 6.45) is 4.33. The summed E-state index contributed by atoms with van der Waals surface area (Å²) >= 11 is 6.76. The highest BCUT2D eigenvalue weighted by molar-refractivity contribution is 8.26. The van der Waals surface area contributed by atoms with Gasteiger partial charge in [0.25, 0.3) is 11.5 Å². The van der Waals surface area contributed by atoms with E-state index in [1.165, 1.54) is 11.8 Å². The van der Waals surface area contributed by atoms with Crippen molar-refractivity contribution >= 4 is 51.7 Å². The summed E-state index contributed by atoms with van der Waals surface area (Å²) in [5.74, 6) is 1.00. The van der Waals surface area contributed by atoms with Crippen LogP contribution in [0.2, 0.25) is 0 Å². The molecule has 2 aliphatic rings. The van der Waals surface area contributed by atoms with Gasteiger partial charge in [-0.3, -0.25) is 18.9 Å². The monoisotopic (exact) mass is 485 g/mol. The lowest BCUT2D eigenvalue weighted by Gasteiger charge is -2.35. The van der Waals surface area contributed by atoms with Crippen LogP contribution in [0.3, 0.4) is 0 Å². The average molecular weight is 486 g/mol. The summed E-state index contributed by atoms with van der Waals surface area (Å²) in [7, 11) is 0. The molecule has 0 unspecified atom stereocenters. The number of pyridine rings is 1. The number of rotatable bonds is 6. The van der Waals surface area contributed by atoms with Crippen LogP contribution in [0, 0.1) is 12.8 Å². The molecule has 2 aromatic rings. The van der Waals surface area contributed by atoms with Crippen LogP contribution >= 0.6 is 24.0 Å². The molecule has 4 heterocycles. The molecule has 33 heavy (non-hydrogen) atoms. The molecule has 4 rings (SSSR count). The van der Waals surface area contributed by atoms with Crippen LogP contribution in [0.1, 0.15) is 38.3 Å². The van der Waals surface area contributed by atoms with Crippen LogP contribution in [0.25, 0.3) is 11.7 Å². The van der Waals surface area contributed by atoms with Gasteiger partial charge in [0, 0.05) is 38.9 Å². The van der Waals surface area contributed by atoms with Crippen LogP contribution in [-0.4, -0.2) is 68.7 Å². The maximum absolute atomic E-state index is 13.6. The zero-order chi connectivity index (χ0) is 23.7. The number of hydrogen-bond donors (Lipinski definition) is 0. The molecular formula is C24H31N5O2S2. The van der Waals surface area contributed by atoms with E-state index in [1.807, 2.05) is 19.1 Å². The van der Waals surface area contributed by atoms with Crippen molar-refractivity contribution in [2.75, 3.05) is 44.2 Å². The molecule has 0 aromatic carbocycles. The molecule has 0 saturated carbocycles. The number of nitrogens with zero attached hydrogens (tertiary/aromatic N) is 5. The van der Waals surface area contributed by atoms with Crippen molar-refractivity contribution in [1.29, 1.82) is 0 Å². The van der Waals surface area contributed by atoms with Crippen LogP contribution in [-0.2, 0) is 4.79 Å². The molecule has 2 aromatic heterocycles. The second-order valence-corrected chi connectivity index (χ2v) is 10.7. The summed E-state index contributed by atoms with van der Waals surface area (Å²) in [4.78, 5) is 38.4. The third-order valence-electron chi connectivity index (χ3n) is 6.26. The summed E-state index contributed by atoms with van der Waals surface area (Å²) in [5.41, 5.74) is 1.88. The number of amides is 1. The number of piperazine rings is 1. The fourth-order valence-corrected chi connectivity index (χ4v) is 5.45. The van der Waals surface area contributed by atoms with Crippen molar-refractivity contribution in [3.8, 4) is 0 Å². The number of carbonyl (C=O) groups is 1. The van der Waals surface area contributed by atoms with E-state index in [1.54, 1.807) is 21.6 Å². The van der Waals surface area contributed by atoms with Gasteiger partial charge in [-0.15, -0.1) is 0 Å². The number of hydrogen-bond acceptors (Lipinski definition) is 7. The molecule has 2 saturated heterocycles. The summed E-state index contributed by atoms with van der Waals surface area (Å²) in [6.45, 7) is 13.4. The normalized spacial score (nSPS) is 19.0. The van der Waals surface area contributed by atoms with Crippen LogP contribution in [0.15, 0.2) is 28.0 Å². The summed E-state index contributed by atoms with van der Waals surface area (Å²) in [5, 5.41) is 0. The predicted molar refractivity (Wildman–Crippen MR) is 140 cm³/mol. The number of aromatic nitrogens is 2. The van der Waals surface area contributed by atoms with E-state index in [4.69, 9.17) is 17.2 Å². The van der Waals surface area contributed by atoms with Gasteiger partial charge in [-0.1, -0.05) is 50.8 Å². The van der Waals surface area contributed by atoms with E-state index in [0.29, 0.717) is 38.7 Å². The highest BCUT2D eigenvalue weighted by atomic mass is 32.2. The highest BCUT2D eigenvalue weighted by Gasteiger charge is 2.33. The molecule has 2 fully saturated rings. The Labute approximate surface area is 204 Å². The lowest BCUT2D eigenvalue weighted by atomic mass is 10.1. The van der Waals surface area contributed by atoms with E-state index >= 15 is 0 Å². The lowest BCUT2D eigenvalue weighted by molar-refractivity contribution is -0.122. The molecule has 176 valence electrons. The number of thiocarbonyl (C=S) groups is 1. The zero-order valence-corrected chi connectivity index (χ0v) is 21.3. The first kappa shape index (κ1) is 23.9. The number of thioether (sulfide) groups is 1. The number of aryl methyl sites for hydroxylation is 1. The first-order valence-electron chi connectivity index (χ1n) is 11.5. The Morgan fingerprint density at radius 2 is 1.94 bits per heavy atom. The largest absolute Gasteiger partial charge is 0.353 e. The van der Waals surface area contributed by atoms with E-state index < -0.39 is 0 Å². The molecule has 9 heteroatoms. The zero-order valence-electron chi connectivity index (χ0n) is 19.7. The number of anilines is 1. The summed E-state index contributed by atoms with van der Waals surface area (Å²) < 4.78 is 2.13. The minimum absolute atomic E-state index is 0.124. The Bertz CT molecular complexity index is 1170. The van der Waals surface area contributed by atoms with E-state index in [9.17, 15) is 9.59 Å². The Morgan fingerprint density at radius 3 is 2.61 bits per heavy atom. The second kappa shape index (κ2) is 9.95. The third kappa shape index (κ3) is 4.85. The number of carbonyl (C=O) groups excluding carboxylic acids is 1. The highest BCUT2D eigenvalue weighted by Crippen LogP contribution is 2.34. The molecule has 0 atom stereocenters. The van der Waals surface area contributed by atoms with Gasteiger partial charge in [0.15, 0.2) is 0 Å². The van der Waals surface area contributed by atoms with Gasteiger partial charge in [-0.2, -0.15) is 0 Å². The molecule has 0 radical (unpaired) electrons. The van der Waals surface area contributed by atoms with Crippen molar-refractivity contribution in [3.05, 3.63) is 44.7 Å². The van der Waals surface area contributed by atoms with Crippen LogP contribution in [0.5, 0.6) is 0 Å².